The van der Waals surface area contributed by atoms with Gasteiger partial charge in [0.15, 0.2) is 5.69 Å². The Labute approximate surface area is 256 Å². The number of halogens is 1. The maximum absolute atomic E-state index is 13.7. The van der Waals surface area contributed by atoms with Crippen LogP contribution in [0.3, 0.4) is 0 Å². The van der Waals surface area contributed by atoms with Crippen molar-refractivity contribution < 1.29 is 19.2 Å². The SMILES string of the molecule is N#Cc1cccc(CC(=O)Nc2ccc3c(c2)c(C(N)=O)nn3CC(=O)N2[C@@H]3CC[C@@H](C3)[C@H]2C(=O)Nc2cccc(Cl)n2)c1. The average Bonchev–Trinajstić information content (AvgIpc) is 3.71. The topological polar surface area (TPSA) is 176 Å². The van der Waals surface area contributed by atoms with E-state index in [0.717, 1.165) is 19.3 Å². The molecule has 1 saturated carbocycles. The zero-order chi connectivity index (χ0) is 31.0. The lowest BCUT2D eigenvalue weighted by Gasteiger charge is -2.34. The number of nitrogens with one attached hydrogen (secondary N) is 2. The quantitative estimate of drug-likeness (QED) is 0.256. The van der Waals surface area contributed by atoms with E-state index in [-0.39, 0.29) is 53.5 Å². The van der Waals surface area contributed by atoms with Gasteiger partial charge in [0.2, 0.25) is 17.7 Å². The summed E-state index contributed by atoms with van der Waals surface area (Å²) in [7, 11) is 0. The third kappa shape index (κ3) is 5.69. The van der Waals surface area contributed by atoms with Crippen LogP contribution in [0.25, 0.3) is 10.9 Å². The van der Waals surface area contributed by atoms with E-state index >= 15 is 0 Å². The zero-order valence-electron chi connectivity index (χ0n) is 23.4. The number of primary amides is 1. The lowest BCUT2D eigenvalue weighted by atomic mass is 9.97. The minimum Gasteiger partial charge on any atom is -0.364 e. The summed E-state index contributed by atoms with van der Waals surface area (Å²) in [5, 5.41) is 19.6. The van der Waals surface area contributed by atoms with Crippen molar-refractivity contribution in [2.24, 2.45) is 11.7 Å². The molecular weight excluding hydrogens is 584 g/mol. The van der Waals surface area contributed by atoms with Gasteiger partial charge in [-0.1, -0.05) is 29.8 Å². The highest BCUT2D eigenvalue weighted by Gasteiger charge is 2.51. The van der Waals surface area contributed by atoms with Crippen LogP contribution >= 0.6 is 11.6 Å². The van der Waals surface area contributed by atoms with Gasteiger partial charge >= 0.3 is 0 Å². The molecule has 3 atom stereocenters. The number of fused-ring (bicyclic) bond motifs is 3. The molecule has 2 aromatic heterocycles. The molecular formula is C31H27ClN8O4. The first-order valence-corrected chi connectivity index (χ1v) is 14.4. The smallest absolute Gasteiger partial charge is 0.269 e. The van der Waals surface area contributed by atoms with Crippen LogP contribution < -0.4 is 16.4 Å². The van der Waals surface area contributed by atoms with Crippen molar-refractivity contribution in [3.63, 3.8) is 0 Å². The van der Waals surface area contributed by atoms with Gasteiger partial charge in [-0.05, 0) is 73.2 Å². The molecule has 6 rings (SSSR count). The van der Waals surface area contributed by atoms with E-state index in [1.54, 1.807) is 65.6 Å². The highest BCUT2D eigenvalue weighted by molar-refractivity contribution is 6.29. The molecule has 2 fully saturated rings. The minimum absolute atomic E-state index is 0.0206. The fraction of sp³-hybridized carbons (Fsp3) is 0.258. The molecule has 4 N–H and O–H groups in total. The Balaban J connectivity index is 1.21. The molecule has 3 heterocycles. The molecule has 4 aromatic rings. The number of rotatable bonds is 8. The van der Waals surface area contributed by atoms with Crippen molar-refractivity contribution in [2.75, 3.05) is 10.6 Å². The number of likely N-dealkylation sites (tertiary alicyclic amines) is 1. The normalized spacial score (nSPS) is 18.6. The molecule has 1 aliphatic carbocycles. The van der Waals surface area contributed by atoms with Crippen LogP contribution in [0.2, 0.25) is 5.15 Å². The Morgan fingerprint density at radius 3 is 2.64 bits per heavy atom. The van der Waals surface area contributed by atoms with E-state index < -0.39 is 11.9 Å². The summed E-state index contributed by atoms with van der Waals surface area (Å²) in [6.07, 6.45) is 2.41. The lowest BCUT2D eigenvalue weighted by molar-refractivity contribution is -0.141. The summed E-state index contributed by atoms with van der Waals surface area (Å²) in [4.78, 5) is 57.9. The highest BCUT2D eigenvalue weighted by atomic mass is 35.5. The Bertz CT molecular complexity index is 1860. The lowest BCUT2D eigenvalue weighted by Crippen LogP contribution is -2.52. The highest BCUT2D eigenvalue weighted by Crippen LogP contribution is 2.43. The number of hydrogen-bond acceptors (Lipinski definition) is 7. The number of hydrogen-bond donors (Lipinski definition) is 3. The first-order chi connectivity index (χ1) is 21.2. The van der Waals surface area contributed by atoms with Gasteiger partial charge in [0.25, 0.3) is 5.91 Å². The van der Waals surface area contributed by atoms with Gasteiger partial charge in [-0.3, -0.25) is 23.9 Å². The first kappa shape index (κ1) is 28.8. The van der Waals surface area contributed by atoms with Crippen LogP contribution in [0.1, 0.15) is 40.9 Å². The molecule has 12 nitrogen and oxygen atoms in total. The number of benzene rings is 2. The van der Waals surface area contributed by atoms with Crippen molar-refractivity contribution >= 4 is 57.6 Å². The molecule has 0 unspecified atom stereocenters. The number of carbonyl (C=O) groups excluding carboxylic acids is 4. The molecule has 222 valence electrons. The Morgan fingerprint density at radius 2 is 1.86 bits per heavy atom. The Hall–Kier alpha value is -5.28. The van der Waals surface area contributed by atoms with E-state index in [0.29, 0.717) is 33.5 Å². The van der Waals surface area contributed by atoms with Gasteiger partial charge in [0.1, 0.15) is 23.6 Å². The molecule has 1 saturated heterocycles. The van der Waals surface area contributed by atoms with Crippen LogP contribution in [0.4, 0.5) is 11.5 Å². The van der Waals surface area contributed by atoms with E-state index in [4.69, 9.17) is 22.6 Å². The fourth-order valence-corrected chi connectivity index (χ4v) is 6.44. The molecule has 1 aliphatic heterocycles. The van der Waals surface area contributed by atoms with Crippen LogP contribution in [-0.2, 0) is 27.3 Å². The molecule has 0 spiro atoms. The van der Waals surface area contributed by atoms with Crippen molar-refractivity contribution in [2.45, 2.75) is 44.3 Å². The Morgan fingerprint density at radius 1 is 1.05 bits per heavy atom. The third-order valence-corrected chi connectivity index (χ3v) is 8.29. The number of piperidine rings is 1. The number of nitrogens with zero attached hydrogens (tertiary/aromatic N) is 5. The van der Waals surface area contributed by atoms with Gasteiger partial charge < -0.3 is 21.3 Å². The van der Waals surface area contributed by atoms with Crippen molar-refractivity contribution in [1.29, 1.82) is 5.26 Å². The molecule has 13 heteroatoms. The fourth-order valence-electron chi connectivity index (χ4n) is 6.27. The minimum atomic E-state index is -0.788. The molecule has 2 aromatic carbocycles. The van der Waals surface area contributed by atoms with Crippen molar-refractivity contribution in [3.05, 3.63) is 82.6 Å². The van der Waals surface area contributed by atoms with Gasteiger partial charge in [-0.2, -0.15) is 10.4 Å². The predicted molar refractivity (Wildman–Crippen MR) is 161 cm³/mol. The number of carbonyl (C=O) groups is 4. The predicted octanol–water partition coefficient (Wildman–Crippen LogP) is 3.25. The van der Waals surface area contributed by atoms with E-state index in [1.807, 2.05) is 6.07 Å². The van der Waals surface area contributed by atoms with Crippen molar-refractivity contribution in [3.8, 4) is 6.07 Å². The number of aromatic nitrogens is 3. The summed E-state index contributed by atoms with van der Waals surface area (Å²) < 4.78 is 1.40. The van der Waals surface area contributed by atoms with Crippen molar-refractivity contribution in [1.82, 2.24) is 19.7 Å². The molecule has 2 aliphatic rings. The molecule has 2 bridgehead atoms. The van der Waals surface area contributed by atoms with Gasteiger partial charge in [-0.25, -0.2) is 4.98 Å². The molecule has 4 amide bonds. The molecule has 0 radical (unpaired) electrons. The number of anilines is 2. The summed E-state index contributed by atoms with van der Waals surface area (Å²) in [5.74, 6) is -1.42. The number of pyridine rings is 1. The second-order valence-electron chi connectivity index (χ2n) is 10.9. The summed E-state index contributed by atoms with van der Waals surface area (Å²) in [6.45, 7) is -0.215. The third-order valence-electron chi connectivity index (χ3n) is 8.08. The Kier molecular flexibility index (Phi) is 7.71. The van der Waals surface area contributed by atoms with Crippen LogP contribution in [0.15, 0.2) is 60.7 Å². The monoisotopic (exact) mass is 610 g/mol. The van der Waals surface area contributed by atoms with Crippen LogP contribution in [-0.4, -0.2) is 55.4 Å². The average molecular weight is 611 g/mol. The summed E-state index contributed by atoms with van der Waals surface area (Å²) >= 11 is 5.97. The van der Waals surface area contributed by atoms with E-state index in [2.05, 4.69) is 20.7 Å². The van der Waals surface area contributed by atoms with Gasteiger partial charge in [0.05, 0.1) is 23.6 Å². The van der Waals surface area contributed by atoms with E-state index in [1.165, 1.54) is 4.68 Å². The zero-order valence-corrected chi connectivity index (χ0v) is 24.1. The maximum Gasteiger partial charge on any atom is 0.269 e. The summed E-state index contributed by atoms with van der Waals surface area (Å²) in [5.41, 5.74) is 7.60. The van der Waals surface area contributed by atoms with Gasteiger partial charge in [-0.15, -0.1) is 0 Å². The second-order valence-corrected chi connectivity index (χ2v) is 11.3. The number of nitriles is 1. The summed E-state index contributed by atoms with van der Waals surface area (Å²) in [6, 6.07) is 17.9. The van der Waals surface area contributed by atoms with E-state index in [9.17, 15) is 19.2 Å². The first-order valence-electron chi connectivity index (χ1n) is 14.0. The maximum atomic E-state index is 13.7. The van der Waals surface area contributed by atoms with Gasteiger partial charge in [0, 0.05) is 17.1 Å². The van der Waals surface area contributed by atoms with Crippen LogP contribution in [0, 0.1) is 17.2 Å². The van der Waals surface area contributed by atoms with Crippen LogP contribution in [0.5, 0.6) is 0 Å². The number of amides is 4. The largest absolute Gasteiger partial charge is 0.364 e. The standard InChI is InChI=1S/C31H27ClN8O4/c32-24-5-2-6-25(36-24)37-31(44)29-19-7-9-21(13-19)40(29)27(42)16-39-23-10-8-20(14-22(23)28(38-39)30(34)43)35-26(41)12-17-3-1-4-18(11-17)15-33/h1-6,8,10-11,14,19,21,29H,7,9,12-13,16H2,(H2,34,43)(H,35,41)(H,36,37,44)/t19-,21+,29-/m0/s1. The molecule has 44 heavy (non-hydrogen) atoms. The second kappa shape index (κ2) is 11.8. The number of nitrogens with two attached hydrogens (primary N) is 1.